The second-order valence-electron chi connectivity index (χ2n) is 8.16. The summed E-state index contributed by atoms with van der Waals surface area (Å²) in [6.45, 7) is 3.24. The summed E-state index contributed by atoms with van der Waals surface area (Å²) in [4.78, 5) is 34.1. The van der Waals surface area contributed by atoms with Crippen molar-refractivity contribution in [1.82, 2.24) is 20.1 Å². The highest BCUT2D eigenvalue weighted by Gasteiger charge is 2.37. The summed E-state index contributed by atoms with van der Waals surface area (Å²) in [5.41, 5.74) is 0.986. The number of hydrogen-bond acceptors (Lipinski definition) is 5. The molecule has 4 rings (SSSR count). The maximum atomic E-state index is 13.2. The van der Waals surface area contributed by atoms with Gasteiger partial charge in [-0.15, -0.1) is 0 Å². The van der Waals surface area contributed by atoms with Crippen LogP contribution >= 0.6 is 0 Å². The van der Waals surface area contributed by atoms with E-state index in [1.54, 1.807) is 18.3 Å². The summed E-state index contributed by atoms with van der Waals surface area (Å²) in [6.07, 6.45) is 8.62. The molecular weight excluding hydrogens is 380 g/mol. The molecule has 0 spiro atoms. The van der Waals surface area contributed by atoms with Crippen molar-refractivity contribution in [2.75, 3.05) is 32.7 Å². The van der Waals surface area contributed by atoms with Crippen LogP contribution in [0.2, 0.25) is 0 Å². The minimum absolute atomic E-state index is 0.0723. The Hall–Kier alpha value is -2.67. The number of pyridine rings is 1. The molecule has 0 bridgehead atoms. The number of carbonyl (C=O) groups excluding carboxylic acids is 2. The lowest BCUT2D eigenvalue weighted by atomic mass is 9.95. The molecule has 1 aliphatic heterocycles. The van der Waals surface area contributed by atoms with E-state index in [0.717, 1.165) is 25.0 Å². The van der Waals surface area contributed by atoms with E-state index in [4.69, 9.17) is 4.42 Å². The van der Waals surface area contributed by atoms with Crippen LogP contribution in [0, 0.1) is 5.92 Å². The number of nitrogens with one attached hydrogen (secondary N) is 1. The zero-order chi connectivity index (χ0) is 20.8. The minimum Gasteiger partial charge on any atom is -0.459 e. The Morgan fingerprint density at radius 3 is 2.57 bits per heavy atom. The molecule has 2 amide bonds. The molecule has 1 saturated heterocycles. The van der Waals surface area contributed by atoms with Gasteiger partial charge in [-0.3, -0.25) is 19.5 Å². The standard InChI is InChI=1S/C23H30N4O3/c28-22(25-12-10-19-8-3-4-11-24-19)21(18-6-1-2-7-18)26-13-15-27(16-14-26)23(29)20-9-5-17-30-20/h3-5,8-9,11,17-18,21H,1-2,6-7,10,12-16H2,(H,25,28). The number of carbonyl (C=O) groups is 2. The monoisotopic (exact) mass is 410 g/mol. The van der Waals surface area contributed by atoms with Crippen LogP contribution in [-0.4, -0.2) is 65.4 Å². The van der Waals surface area contributed by atoms with Crippen molar-refractivity contribution in [1.29, 1.82) is 0 Å². The van der Waals surface area contributed by atoms with E-state index in [1.165, 1.54) is 19.1 Å². The zero-order valence-corrected chi connectivity index (χ0v) is 17.3. The molecule has 2 fully saturated rings. The van der Waals surface area contributed by atoms with Gasteiger partial charge in [-0.1, -0.05) is 18.9 Å². The highest BCUT2D eigenvalue weighted by atomic mass is 16.3. The third-order valence-corrected chi connectivity index (χ3v) is 6.25. The number of piperazine rings is 1. The molecule has 160 valence electrons. The predicted molar refractivity (Wildman–Crippen MR) is 113 cm³/mol. The number of rotatable bonds is 7. The van der Waals surface area contributed by atoms with Gasteiger partial charge in [0.15, 0.2) is 5.76 Å². The fourth-order valence-electron chi connectivity index (χ4n) is 4.67. The summed E-state index contributed by atoms with van der Waals surface area (Å²) in [5.74, 6) is 0.816. The molecule has 2 aromatic rings. The van der Waals surface area contributed by atoms with Crippen molar-refractivity contribution in [3.63, 3.8) is 0 Å². The maximum absolute atomic E-state index is 13.2. The van der Waals surface area contributed by atoms with E-state index in [9.17, 15) is 9.59 Å². The van der Waals surface area contributed by atoms with Gasteiger partial charge in [0.2, 0.25) is 5.91 Å². The maximum Gasteiger partial charge on any atom is 0.289 e. The number of furan rings is 1. The summed E-state index contributed by atoms with van der Waals surface area (Å²) in [7, 11) is 0. The van der Waals surface area contributed by atoms with Crippen molar-refractivity contribution in [2.45, 2.75) is 38.1 Å². The average Bonchev–Trinajstić information content (AvgIpc) is 3.49. The summed E-state index contributed by atoms with van der Waals surface area (Å²) < 4.78 is 5.25. The van der Waals surface area contributed by atoms with Gasteiger partial charge in [0.05, 0.1) is 12.3 Å². The van der Waals surface area contributed by atoms with Crippen LogP contribution in [0.5, 0.6) is 0 Å². The van der Waals surface area contributed by atoms with Crippen molar-refractivity contribution < 1.29 is 14.0 Å². The summed E-state index contributed by atoms with van der Waals surface area (Å²) in [5, 5.41) is 3.15. The van der Waals surface area contributed by atoms with Crippen LogP contribution in [0.25, 0.3) is 0 Å². The average molecular weight is 411 g/mol. The topological polar surface area (TPSA) is 78.7 Å². The van der Waals surface area contributed by atoms with Gasteiger partial charge in [-0.2, -0.15) is 0 Å². The Labute approximate surface area is 177 Å². The second kappa shape index (κ2) is 9.89. The van der Waals surface area contributed by atoms with E-state index < -0.39 is 0 Å². The molecule has 1 N–H and O–H groups in total. The van der Waals surface area contributed by atoms with Gasteiger partial charge >= 0.3 is 0 Å². The van der Waals surface area contributed by atoms with Gasteiger partial charge < -0.3 is 14.6 Å². The molecule has 7 nitrogen and oxygen atoms in total. The molecule has 1 aliphatic carbocycles. The molecule has 30 heavy (non-hydrogen) atoms. The van der Waals surface area contributed by atoms with Gasteiger partial charge in [0, 0.05) is 51.0 Å². The molecule has 1 atom stereocenters. The smallest absolute Gasteiger partial charge is 0.289 e. The first kappa shape index (κ1) is 20.6. The van der Waals surface area contributed by atoms with E-state index in [2.05, 4.69) is 15.2 Å². The van der Waals surface area contributed by atoms with Crippen LogP contribution in [0.1, 0.15) is 41.9 Å². The molecule has 0 radical (unpaired) electrons. The van der Waals surface area contributed by atoms with Crippen molar-refractivity contribution in [3.8, 4) is 0 Å². The van der Waals surface area contributed by atoms with E-state index >= 15 is 0 Å². The van der Waals surface area contributed by atoms with Gasteiger partial charge in [0.25, 0.3) is 5.91 Å². The lowest BCUT2D eigenvalue weighted by Gasteiger charge is -2.40. The zero-order valence-electron chi connectivity index (χ0n) is 17.3. The van der Waals surface area contributed by atoms with E-state index in [0.29, 0.717) is 44.4 Å². The quantitative estimate of drug-likeness (QED) is 0.758. The highest BCUT2D eigenvalue weighted by Crippen LogP contribution is 2.31. The van der Waals surface area contributed by atoms with Gasteiger partial charge in [-0.05, 0) is 43.0 Å². The summed E-state index contributed by atoms with van der Waals surface area (Å²) in [6, 6.07) is 9.16. The van der Waals surface area contributed by atoms with Crippen molar-refractivity contribution in [3.05, 3.63) is 54.2 Å². The molecule has 7 heteroatoms. The van der Waals surface area contributed by atoms with Crippen molar-refractivity contribution in [2.24, 2.45) is 5.92 Å². The van der Waals surface area contributed by atoms with Crippen LogP contribution < -0.4 is 5.32 Å². The number of aromatic nitrogens is 1. The fourth-order valence-corrected chi connectivity index (χ4v) is 4.67. The fraction of sp³-hybridized carbons (Fsp3) is 0.522. The van der Waals surface area contributed by atoms with Crippen LogP contribution in [0.15, 0.2) is 47.2 Å². The molecule has 1 unspecified atom stereocenters. The molecule has 3 heterocycles. The molecule has 1 saturated carbocycles. The lowest BCUT2D eigenvalue weighted by molar-refractivity contribution is -0.129. The first-order valence-corrected chi connectivity index (χ1v) is 11.0. The first-order valence-electron chi connectivity index (χ1n) is 11.0. The van der Waals surface area contributed by atoms with Crippen LogP contribution in [-0.2, 0) is 11.2 Å². The van der Waals surface area contributed by atoms with E-state index in [-0.39, 0.29) is 17.9 Å². The Morgan fingerprint density at radius 1 is 1.10 bits per heavy atom. The predicted octanol–water partition coefficient (Wildman–Crippen LogP) is 2.35. The van der Waals surface area contributed by atoms with Crippen LogP contribution in [0.4, 0.5) is 0 Å². The van der Waals surface area contributed by atoms with Gasteiger partial charge in [-0.25, -0.2) is 0 Å². The number of amides is 2. The van der Waals surface area contributed by atoms with Crippen molar-refractivity contribution >= 4 is 11.8 Å². The number of nitrogens with zero attached hydrogens (tertiary/aromatic N) is 3. The normalized spacial score (nSPS) is 19.0. The Kier molecular flexibility index (Phi) is 6.79. The molecule has 2 aliphatic rings. The Balaban J connectivity index is 1.34. The van der Waals surface area contributed by atoms with Gasteiger partial charge in [0.1, 0.15) is 0 Å². The highest BCUT2D eigenvalue weighted by molar-refractivity contribution is 5.91. The number of hydrogen-bond donors (Lipinski definition) is 1. The second-order valence-corrected chi connectivity index (χ2v) is 8.16. The van der Waals surface area contributed by atoms with Crippen LogP contribution in [0.3, 0.4) is 0 Å². The van der Waals surface area contributed by atoms with E-state index in [1.807, 2.05) is 23.1 Å². The SMILES string of the molecule is O=C(NCCc1ccccn1)C(C1CCCC1)N1CCN(C(=O)c2ccco2)CC1. The third-order valence-electron chi connectivity index (χ3n) is 6.25. The lowest BCUT2D eigenvalue weighted by Crippen LogP contribution is -2.58. The largest absolute Gasteiger partial charge is 0.459 e. The molecular formula is C23H30N4O3. The molecule has 2 aromatic heterocycles. The Morgan fingerprint density at radius 2 is 1.90 bits per heavy atom. The first-order chi connectivity index (χ1) is 14.7. The third kappa shape index (κ3) is 4.90. The molecule has 0 aromatic carbocycles. The minimum atomic E-state index is -0.114. The summed E-state index contributed by atoms with van der Waals surface area (Å²) >= 11 is 0. The Bertz CT molecular complexity index is 810.